The fourth-order valence-electron chi connectivity index (χ4n) is 2.80. The number of hydrogen-bond acceptors (Lipinski definition) is 5. The molecule has 0 amide bonds. The highest BCUT2D eigenvalue weighted by Crippen LogP contribution is 2.32. The Morgan fingerprint density at radius 2 is 1.68 bits per heavy atom. The predicted octanol–water partition coefficient (Wildman–Crippen LogP) is 6.14. The number of nitrogens with one attached hydrogen (secondary N) is 1. The van der Waals surface area contributed by atoms with Crippen LogP contribution in [0.5, 0.6) is 5.75 Å². The summed E-state index contributed by atoms with van der Waals surface area (Å²) in [7, 11) is 0. The molecule has 4 aromatic rings. The first-order chi connectivity index (χ1) is 13.7. The predicted molar refractivity (Wildman–Crippen MR) is 115 cm³/mol. The molecular weight excluding hydrogens is 366 g/mol. The molecule has 2 aromatic carbocycles. The third kappa shape index (κ3) is 4.38. The molecule has 0 unspecified atom stereocenters. The van der Waals surface area contributed by atoms with Crippen molar-refractivity contribution in [2.75, 3.05) is 5.32 Å². The zero-order valence-corrected chi connectivity index (χ0v) is 16.7. The van der Waals surface area contributed by atoms with Gasteiger partial charge in [0.25, 0.3) is 0 Å². The molecule has 2 aromatic heterocycles. The molecule has 28 heavy (non-hydrogen) atoms. The number of aromatic nitrogens is 2. The van der Waals surface area contributed by atoms with Crippen molar-refractivity contribution in [2.24, 2.45) is 0 Å². The Morgan fingerprint density at radius 1 is 0.893 bits per heavy atom. The van der Waals surface area contributed by atoms with E-state index in [1.807, 2.05) is 43.6 Å². The Hall–Kier alpha value is -3.18. The molecule has 0 radical (unpaired) electrons. The first-order valence-corrected chi connectivity index (χ1v) is 9.92. The van der Waals surface area contributed by atoms with Crippen LogP contribution in [0.4, 0.5) is 10.9 Å². The summed E-state index contributed by atoms with van der Waals surface area (Å²) in [6.45, 7) is 4.59. The molecule has 0 fully saturated rings. The van der Waals surface area contributed by atoms with E-state index in [4.69, 9.17) is 4.74 Å². The van der Waals surface area contributed by atoms with Crippen molar-refractivity contribution in [1.29, 1.82) is 0 Å². The maximum absolute atomic E-state index is 6.14. The molecule has 0 aliphatic rings. The second kappa shape index (κ2) is 8.23. The Morgan fingerprint density at radius 3 is 2.39 bits per heavy atom. The van der Waals surface area contributed by atoms with E-state index < -0.39 is 0 Å². The van der Waals surface area contributed by atoms with Crippen LogP contribution in [0.3, 0.4) is 0 Å². The zero-order valence-electron chi connectivity index (χ0n) is 15.8. The van der Waals surface area contributed by atoms with Crippen molar-refractivity contribution in [3.63, 3.8) is 0 Å². The fourth-order valence-corrected chi connectivity index (χ4v) is 3.46. The van der Waals surface area contributed by atoms with Crippen LogP contribution in [0.2, 0.25) is 0 Å². The van der Waals surface area contributed by atoms with Crippen LogP contribution in [-0.2, 0) is 6.61 Å². The molecule has 0 aliphatic carbocycles. The van der Waals surface area contributed by atoms with Gasteiger partial charge in [0.05, 0.1) is 0 Å². The molecule has 5 heteroatoms. The van der Waals surface area contributed by atoms with Crippen molar-refractivity contribution in [2.45, 2.75) is 20.5 Å². The quantitative estimate of drug-likeness (QED) is 0.431. The summed E-state index contributed by atoms with van der Waals surface area (Å²) in [5.74, 6) is 1.37. The minimum Gasteiger partial charge on any atom is -0.485 e. The van der Waals surface area contributed by atoms with Gasteiger partial charge in [-0.25, -0.2) is 9.97 Å². The summed E-state index contributed by atoms with van der Waals surface area (Å²) in [5.41, 5.74) is 4.47. The van der Waals surface area contributed by atoms with E-state index >= 15 is 0 Å². The molecule has 0 aliphatic heterocycles. The molecule has 2 heterocycles. The first-order valence-electron chi connectivity index (χ1n) is 9.10. The van der Waals surface area contributed by atoms with Crippen LogP contribution >= 0.6 is 11.3 Å². The third-order valence-electron chi connectivity index (χ3n) is 4.32. The smallest absolute Gasteiger partial charge is 0.188 e. The SMILES string of the molecule is Cc1ccc(-c2cnc(Nc3ncc(C)s3)c(OCc3ccccc3)c2)cc1. The number of nitrogens with zero attached hydrogens (tertiary/aromatic N) is 2. The van der Waals surface area contributed by atoms with Gasteiger partial charge in [-0.05, 0) is 31.0 Å². The number of aryl methyl sites for hydroxylation is 2. The summed E-state index contributed by atoms with van der Waals surface area (Å²) < 4.78 is 6.14. The second-order valence-corrected chi connectivity index (χ2v) is 7.85. The highest BCUT2D eigenvalue weighted by atomic mass is 32.1. The summed E-state index contributed by atoms with van der Waals surface area (Å²) in [4.78, 5) is 10.1. The van der Waals surface area contributed by atoms with Crippen molar-refractivity contribution in [3.05, 3.63) is 89.1 Å². The van der Waals surface area contributed by atoms with E-state index in [0.29, 0.717) is 18.2 Å². The lowest BCUT2D eigenvalue weighted by Gasteiger charge is -2.13. The molecule has 0 bridgehead atoms. The van der Waals surface area contributed by atoms with Crippen LogP contribution in [-0.4, -0.2) is 9.97 Å². The summed E-state index contributed by atoms with van der Waals surface area (Å²) in [6.07, 6.45) is 3.71. The van der Waals surface area contributed by atoms with Crippen molar-refractivity contribution in [3.8, 4) is 16.9 Å². The van der Waals surface area contributed by atoms with E-state index in [-0.39, 0.29) is 0 Å². The topological polar surface area (TPSA) is 47.0 Å². The van der Waals surface area contributed by atoms with E-state index in [2.05, 4.69) is 58.6 Å². The van der Waals surface area contributed by atoms with Crippen LogP contribution in [0.1, 0.15) is 16.0 Å². The van der Waals surface area contributed by atoms with Gasteiger partial charge in [0, 0.05) is 22.8 Å². The minimum absolute atomic E-state index is 0.478. The number of benzene rings is 2. The first kappa shape index (κ1) is 18.2. The number of hydrogen-bond donors (Lipinski definition) is 1. The van der Waals surface area contributed by atoms with Crippen LogP contribution in [0.15, 0.2) is 73.1 Å². The van der Waals surface area contributed by atoms with E-state index in [0.717, 1.165) is 26.7 Å². The minimum atomic E-state index is 0.478. The molecule has 0 saturated heterocycles. The van der Waals surface area contributed by atoms with Crippen molar-refractivity contribution in [1.82, 2.24) is 9.97 Å². The van der Waals surface area contributed by atoms with E-state index in [9.17, 15) is 0 Å². The van der Waals surface area contributed by atoms with Gasteiger partial charge in [-0.3, -0.25) is 0 Å². The fraction of sp³-hybridized carbons (Fsp3) is 0.130. The summed E-state index contributed by atoms with van der Waals surface area (Å²) >= 11 is 1.59. The van der Waals surface area contributed by atoms with Gasteiger partial charge in [0.15, 0.2) is 16.7 Å². The van der Waals surface area contributed by atoms with Gasteiger partial charge in [-0.15, -0.1) is 11.3 Å². The van der Waals surface area contributed by atoms with Gasteiger partial charge >= 0.3 is 0 Å². The van der Waals surface area contributed by atoms with E-state index in [1.54, 1.807) is 11.3 Å². The maximum atomic E-state index is 6.14. The summed E-state index contributed by atoms with van der Waals surface area (Å²) in [6, 6.07) is 20.6. The highest BCUT2D eigenvalue weighted by Gasteiger charge is 2.11. The number of anilines is 2. The van der Waals surface area contributed by atoms with Gasteiger partial charge in [0.2, 0.25) is 0 Å². The van der Waals surface area contributed by atoms with Crippen LogP contribution in [0, 0.1) is 13.8 Å². The molecule has 140 valence electrons. The second-order valence-electron chi connectivity index (χ2n) is 6.61. The lowest BCUT2D eigenvalue weighted by molar-refractivity contribution is 0.307. The largest absolute Gasteiger partial charge is 0.485 e. The zero-order chi connectivity index (χ0) is 19.3. The van der Waals surface area contributed by atoms with Crippen molar-refractivity contribution >= 4 is 22.3 Å². The summed E-state index contributed by atoms with van der Waals surface area (Å²) in [5, 5.41) is 4.09. The molecule has 1 N–H and O–H groups in total. The number of rotatable bonds is 6. The van der Waals surface area contributed by atoms with Crippen LogP contribution < -0.4 is 10.1 Å². The lowest BCUT2D eigenvalue weighted by Crippen LogP contribution is -2.01. The number of ether oxygens (including phenoxy) is 1. The Kier molecular flexibility index (Phi) is 5.35. The van der Waals surface area contributed by atoms with Gasteiger partial charge in [0.1, 0.15) is 6.61 Å². The van der Waals surface area contributed by atoms with Crippen LogP contribution in [0.25, 0.3) is 11.1 Å². The number of thiazole rings is 1. The molecule has 0 atom stereocenters. The normalized spacial score (nSPS) is 10.6. The molecular formula is C23H21N3OS. The van der Waals surface area contributed by atoms with Gasteiger partial charge < -0.3 is 10.1 Å². The molecule has 0 saturated carbocycles. The number of pyridine rings is 1. The Labute approximate surface area is 168 Å². The average molecular weight is 388 g/mol. The standard InChI is InChI=1S/C23H21N3OS/c1-16-8-10-19(11-9-16)20-12-21(27-15-18-6-4-3-5-7-18)22(24-14-20)26-23-25-13-17(2)28-23/h3-14H,15H2,1-2H3,(H,24,25,26). The molecule has 4 nitrogen and oxygen atoms in total. The van der Waals surface area contributed by atoms with Crippen molar-refractivity contribution < 1.29 is 4.74 Å². The van der Waals surface area contributed by atoms with E-state index in [1.165, 1.54) is 5.56 Å². The monoisotopic (exact) mass is 387 g/mol. The molecule has 4 rings (SSSR count). The van der Waals surface area contributed by atoms with Gasteiger partial charge in [-0.2, -0.15) is 0 Å². The maximum Gasteiger partial charge on any atom is 0.188 e. The average Bonchev–Trinajstić information content (AvgIpc) is 3.13. The lowest BCUT2D eigenvalue weighted by atomic mass is 10.1. The highest BCUT2D eigenvalue weighted by molar-refractivity contribution is 7.15. The third-order valence-corrected chi connectivity index (χ3v) is 5.15. The van der Waals surface area contributed by atoms with Gasteiger partial charge in [-0.1, -0.05) is 60.2 Å². The Balaban J connectivity index is 1.64. The molecule has 0 spiro atoms. The Bertz CT molecular complexity index is 1060.